The van der Waals surface area contributed by atoms with Gasteiger partial charge in [0.1, 0.15) is 11.6 Å². The third-order valence-electron chi connectivity index (χ3n) is 1.72. The fourth-order valence-electron chi connectivity index (χ4n) is 1.12. The number of carbonyl (C=O) groups excluding carboxylic acids is 1. The van der Waals surface area contributed by atoms with Crippen molar-refractivity contribution in [2.75, 3.05) is 18.4 Å². The first-order valence-electron chi connectivity index (χ1n) is 4.69. The van der Waals surface area contributed by atoms with Crippen LogP contribution in [0.25, 0.3) is 0 Å². The van der Waals surface area contributed by atoms with Crippen molar-refractivity contribution in [1.82, 2.24) is 5.32 Å². The maximum atomic E-state index is 12.8. The van der Waals surface area contributed by atoms with Crippen molar-refractivity contribution in [3.8, 4) is 0 Å². The highest BCUT2D eigenvalue weighted by Crippen LogP contribution is 2.12. The van der Waals surface area contributed by atoms with Gasteiger partial charge in [-0.25, -0.2) is 8.78 Å². The number of hydrogen-bond acceptors (Lipinski definition) is 2. The summed E-state index contributed by atoms with van der Waals surface area (Å²) in [5.41, 5.74) is 0.0999. The Morgan fingerprint density at radius 2 is 1.94 bits per heavy atom. The molecule has 0 fully saturated rings. The molecule has 0 unspecified atom stereocenters. The predicted octanol–water partition coefficient (Wildman–Crippen LogP) is 1.68. The molecule has 1 aromatic rings. The number of hydrogen-bond donors (Lipinski definition) is 2. The summed E-state index contributed by atoms with van der Waals surface area (Å²) in [5, 5.41) is 5.13. The Hall–Kier alpha value is -1.75. The molecular formula is C11H12F2N2O. The van der Waals surface area contributed by atoms with Gasteiger partial charge in [-0.2, -0.15) is 0 Å². The number of rotatable bonds is 5. The van der Waals surface area contributed by atoms with Crippen molar-refractivity contribution >= 4 is 11.6 Å². The van der Waals surface area contributed by atoms with E-state index >= 15 is 0 Å². The minimum atomic E-state index is -0.727. The highest BCUT2D eigenvalue weighted by Gasteiger charge is 2.04. The van der Waals surface area contributed by atoms with Crippen LogP contribution >= 0.6 is 0 Å². The normalized spacial score (nSPS) is 9.88. The summed E-state index contributed by atoms with van der Waals surface area (Å²) in [4.78, 5) is 11.3. The van der Waals surface area contributed by atoms with Crippen molar-refractivity contribution in [3.63, 3.8) is 0 Å². The molecule has 3 nitrogen and oxygen atoms in total. The lowest BCUT2D eigenvalue weighted by molar-refractivity contribution is -0.115. The van der Waals surface area contributed by atoms with Crippen molar-refractivity contribution in [2.24, 2.45) is 0 Å². The van der Waals surface area contributed by atoms with Gasteiger partial charge >= 0.3 is 0 Å². The van der Waals surface area contributed by atoms with Gasteiger partial charge in [-0.1, -0.05) is 6.08 Å². The Morgan fingerprint density at radius 1 is 1.31 bits per heavy atom. The summed E-state index contributed by atoms with van der Waals surface area (Å²) < 4.78 is 25.5. The minimum Gasteiger partial charge on any atom is -0.325 e. The number of nitrogens with one attached hydrogen (secondary N) is 2. The zero-order chi connectivity index (χ0) is 12.0. The largest absolute Gasteiger partial charge is 0.325 e. The van der Waals surface area contributed by atoms with Crippen LogP contribution in [0.3, 0.4) is 0 Å². The molecule has 86 valence electrons. The first-order chi connectivity index (χ1) is 7.61. The molecule has 0 saturated heterocycles. The van der Waals surface area contributed by atoms with Gasteiger partial charge in [0.25, 0.3) is 0 Å². The second-order valence-corrected chi connectivity index (χ2v) is 3.13. The molecule has 1 rings (SSSR count). The Bertz CT molecular complexity index is 373. The molecule has 0 bridgehead atoms. The zero-order valence-corrected chi connectivity index (χ0v) is 8.59. The van der Waals surface area contributed by atoms with Crippen LogP contribution in [0.5, 0.6) is 0 Å². The lowest BCUT2D eigenvalue weighted by Gasteiger charge is -2.05. The van der Waals surface area contributed by atoms with Crippen LogP contribution in [0.4, 0.5) is 14.5 Å². The Balaban J connectivity index is 2.52. The first-order valence-corrected chi connectivity index (χ1v) is 4.69. The molecule has 0 aliphatic rings. The van der Waals surface area contributed by atoms with E-state index in [2.05, 4.69) is 17.2 Å². The summed E-state index contributed by atoms with van der Waals surface area (Å²) >= 11 is 0. The van der Waals surface area contributed by atoms with Gasteiger partial charge in [0, 0.05) is 18.3 Å². The smallest absolute Gasteiger partial charge is 0.238 e. The molecule has 5 heteroatoms. The Morgan fingerprint density at radius 3 is 2.50 bits per heavy atom. The van der Waals surface area contributed by atoms with Crippen LogP contribution in [0.2, 0.25) is 0 Å². The molecule has 0 aliphatic heterocycles. The average Bonchev–Trinajstić information content (AvgIpc) is 2.16. The van der Waals surface area contributed by atoms with Gasteiger partial charge in [-0.3, -0.25) is 4.79 Å². The molecule has 0 atom stereocenters. The summed E-state index contributed by atoms with van der Waals surface area (Å²) in [7, 11) is 0. The second kappa shape index (κ2) is 5.97. The number of benzene rings is 1. The summed E-state index contributed by atoms with van der Waals surface area (Å²) in [5.74, 6) is -1.82. The molecule has 0 aromatic heterocycles. The molecule has 2 N–H and O–H groups in total. The van der Waals surface area contributed by atoms with E-state index in [0.29, 0.717) is 6.54 Å². The van der Waals surface area contributed by atoms with Crippen LogP contribution in [-0.2, 0) is 4.79 Å². The van der Waals surface area contributed by atoms with E-state index in [0.717, 1.165) is 18.2 Å². The number of carbonyl (C=O) groups is 1. The van der Waals surface area contributed by atoms with Crippen LogP contribution in [0.1, 0.15) is 0 Å². The van der Waals surface area contributed by atoms with Gasteiger partial charge in [-0.15, -0.1) is 6.58 Å². The summed E-state index contributed by atoms with van der Waals surface area (Å²) in [6.45, 7) is 4.02. The minimum absolute atomic E-state index is 0.0597. The van der Waals surface area contributed by atoms with Gasteiger partial charge in [0.15, 0.2) is 0 Å². The highest BCUT2D eigenvalue weighted by molar-refractivity contribution is 5.92. The van der Waals surface area contributed by atoms with E-state index in [1.807, 2.05) is 0 Å². The van der Waals surface area contributed by atoms with Gasteiger partial charge in [0.05, 0.1) is 6.54 Å². The molecule has 0 heterocycles. The number of halogens is 2. The highest BCUT2D eigenvalue weighted by atomic mass is 19.1. The third kappa shape index (κ3) is 4.18. The standard InChI is InChI=1S/C11H12F2N2O/c1-2-3-14-7-11(16)15-10-5-8(12)4-9(13)6-10/h2,4-6,14H,1,3,7H2,(H,15,16). The first kappa shape index (κ1) is 12.3. The lowest BCUT2D eigenvalue weighted by Crippen LogP contribution is -2.28. The fourth-order valence-corrected chi connectivity index (χ4v) is 1.12. The fraction of sp³-hybridized carbons (Fsp3) is 0.182. The monoisotopic (exact) mass is 226 g/mol. The average molecular weight is 226 g/mol. The lowest BCUT2D eigenvalue weighted by atomic mass is 10.3. The van der Waals surface area contributed by atoms with E-state index < -0.39 is 11.6 Å². The summed E-state index contributed by atoms with van der Waals surface area (Å²) in [6, 6.07) is 2.84. The molecule has 16 heavy (non-hydrogen) atoms. The molecular weight excluding hydrogens is 214 g/mol. The second-order valence-electron chi connectivity index (χ2n) is 3.13. The molecule has 0 spiro atoms. The van der Waals surface area contributed by atoms with Crippen molar-refractivity contribution in [2.45, 2.75) is 0 Å². The molecule has 1 aromatic carbocycles. The van der Waals surface area contributed by atoms with Crippen molar-refractivity contribution in [3.05, 3.63) is 42.5 Å². The molecule has 0 aliphatic carbocycles. The van der Waals surface area contributed by atoms with E-state index in [9.17, 15) is 13.6 Å². The van der Waals surface area contributed by atoms with Crippen LogP contribution in [-0.4, -0.2) is 19.0 Å². The van der Waals surface area contributed by atoms with Gasteiger partial charge in [0.2, 0.25) is 5.91 Å². The topological polar surface area (TPSA) is 41.1 Å². The van der Waals surface area contributed by atoms with E-state index in [1.165, 1.54) is 0 Å². The summed E-state index contributed by atoms with van der Waals surface area (Å²) in [6.07, 6.45) is 1.61. The molecule has 1 amide bonds. The number of anilines is 1. The predicted molar refractivity (Wildman–Crippen MR) is 58.1 cm³/mol. The van der Waals surface area contributed by atoms with Crippen LogP contribution in [0.15, 0.2) is 30.9 Å². The van der Waals surface area contributed by atoms with Crippen LogP contribution in [0, 0.1) is 11.6 Å². The Kier molecular flexibility index (Phi) is 4.60. The number of amides is 1. The van der Waals surface area contributed by atoms with E-state index in [-0.39, 0.29) is 18.1 Å². The van der Waals surface area contributed by atoms with Crippen molar-refractivity contribution in [1.29, 1.82) is 0 Å². The van der Waals surface area contributed by atoms with Crippen molar-refractivity contribution < 1.29 is 13.6 Å². The van der Waals surface area contributed by atoms with Crippen LogP contribution < -0.4 is 10.6 Å². The maximum Gasteiger partial charge on any atom is 0.238 e. The SMILES string of the molecule is C=CCNCC(=O)Nc1cc(F)cc(F)c1. The van der Waals surface area contributed by atoms with E-state index in [4.69, 9.17) is 0 Å². The van der Waals surface area contributed by atoms with E-state index in [1.54, 1.807) is 6.08 Å². The van der Waals surface area contributed by atoms with Gasteiger partial charge in [-0.05, 0) is 12.1 Å². The Labute approximate surface area is 92.2 Å². The quantitative estimate of drug-likeness (QED) is 0.592. The molecule has 0 radical (unpaired) electrons. The maximum absolute atomic E-state index is 12.8. The zero-order valence-electron chi connectivity index (χ0n) is 8.59. The third-order valence-corrected chi connectivity index (χ3v) is 1.72. The van der Waals surface area contributed by atoms with Gasteiger partial charge < -0.3 is 10.6 Å². The molecule has 0 saturated carbocycles.